The van der Waals surface area contributed by atoms with Gasteiger partial charge in [0.1, 0.15) is 11.5 Å². The van der Waals surface area contributed by atoms with Gasteiger partial charge in [-0.05, 0) is 117 Å². The highest BCUT2D eigenvalue weighted by Crippen LogP contribution is 2.52. The zero-order valence-electron chi connectivity index (χ0n) is 36.2. The maximum absolute atomic E-state index is 14.7. The Morgan fingerprint density at radius 3 is 2.00 bits per heavy atom. The van der Waals surface area contributed by atoms with Crippen LogP contribution < -0.4 is 4.52 Å². The number of carbonyl (C=O) groups is 4. The van der Waals surface area contributed by atoms with Gasteiger partial charge < -0.3 is 24.5 Å². The molecule has 2 aromatic carbocycles. The van der Waals surface area contributed by atoms with Gasteiger partial charge in [0.25, 0.3) is 0 Å². The Hall–Kier alpha value is -4.26. The highest BCUT2D eigenvalue weighted by Gasteiger charge is 2.51. The van der Waals surface area contributed by atoms with E-state index in [-0.39, 0.29) is 124 Å². The largest absolute Gasteiger partial charge is 0.524 e. The molecule has 0 aliphatic heterocycles. The van der Waals surface area contributed by atoms with E-state index in [1.165, 1.54) is 45.0 Å². The monoisotopic (exact) mass is 884 g/mol. The van der Waals surface area contributed by atoms with Crippen LogP contribution in [0.4, 0.5) is 0 Å². The van der Waals surface area contributed by atoms with Crippen molar-refractivity contribution in [1.82, 2.24) is 0 Å². The Morgan fingerprint density at radius 2 is 1.48 bits per heavy atom. The average molecular weight is 885 g/mol. The van der Waals surface area contributed by atoms with E-state index in [9.17, 15) is 58.1 Å². The lowest BCUT2D eigenvalue weighted by atomic mass is 9.63. The van der Waals surface area contributed by atoms with Crippen molar-refractivity contribution in [3.05, 3.63) is 97.8 Å². The third kappa shape index (κ3) is 10.5. The number of aryl methyl sites for hydroxylation is 1. The average Bonchev–Trinajstić information content (AvgIpc) is 3.16. The van der Waals surface area contributed by atoms with Crippen LogP contribution in [0.5, 0.6) is 11.5 Å². The molecule has 61 heavy (non-hydrogen) atoms. The van der Waals surface area contributed by atoms with Gasteiger partial charge >= 0.3 is 15.6 Å². The Bertz CT molecular complexity index is 2350. The van der Waals surface area contributed by atoms with Gasteiger partial charge in [0, 0.05) is 58.1 Å². The normalized spacial score (nSPS) is 20.2. The molecule has 2 unspecified atom stereocenters. The van der Waals surface area contributed by atoms with Crippen molar-refractivity contribution in [2.24, 2.45) is 10.8 Å². The molecule has 4 rings (SSSR count). The summed E-state index contributed by atoms with van der Waals surface area (Å²) in [5.41, 5.74) is -0.972. The Balaban J connectivity index is 2.01. The van der Waals surface area contributed by atoms with Crippen LogP contribution in [0.25, 0.3) is 5.57 Å². The Morgan fingerprint density at radius 1 is 0.869 bits per heavy atom. The molecule has 332 valence electrons. The van der Waals surface area contributed by atoms with Gasteiger partial charge in [-0.3, -0.25) is 33.5 Å². The molecule has 2 aliphatic rings. The molecular formula is C45H58O14P2. The van der Waals surface area contributed by atoms with Crippen LogP contribution in [0, 0.1) is 24.7 Å². The van der Waals surface area contributed by atoms with Crippen LogP contribution in [-0.2, 0) is 36.1 Å². The number of phosphoric ester groups is 2. The highest BCUT2D eigenvalue weighted by molar-refractivity contribution is 7.46. The molecule has 2 aromatic rings. The van der Waals surface area contributed by atoms with E-state index in [0.717, 1.165) is 0 Å². The summed E-state index contributed by atoms with van der Waals surface area (Å²) in [5, 5.41) is 23.1. The molecule has 0 radical (unpaired) electrons. The molecule has 0 bridgehead atoms. The van der Waals surface area contributed by atoms with E-state index in [2.05, 4.69) is 0 Å². The molecule has 0 spiro atoms. The minimum absolute atomic E-state index is 0.0245. The smallest absolute Gasteiger partial charge is 0.512 e. The molecule has 0 saturated carbocycles. The fourth-order valence-electron chi connectivity index (χ4n) is 8.59. The number of allylic oxidation sites excluding steroid dienone is 6. The lowest BCUT2D eigenvalue weighted by Crippen LogP contribution is -2.43. The van der Waals surface area contributed by atoms with Gasteiger partial charge in [-0.2, -0.15) is 0 Å². The lowest BCUT2D eigenvalue weighted by Gasteiger charge is -2.40. The summed E-state index contributed by atoms with van der Waals surface area (Å²) in [5.74, 6) is -2.33. The number of benzene rings is 2. The number of hydrogen-bond donors (Lipinski definition) is 6. The van der Waals surface area contributed by atoms with Crippen molar-refractivity contribution in [3.8, 4) is 11.5 Å². The number of ketones is 4. The van der Waals surface area contributed by atoms with Crippen molar-refractivity contribution in [1.29, 1.82) is 0 Å². The van der Waals surface area contributed by atoms with E-state index >= 15 is 0 Å². The Kier molecular flexibility index (Phi) is 15.4. The van der Waals surface area contributed by atoms with Crippen molar-refractivity contribution < 1.29 is 67.1 Å². The van der Waals surface area contributed by atoms with Crippen LogP contribution in [0.15, 0.2) is 58.9 Å². The molecule has 0 amide bonds. The summed E-state index contributed by atoms with van der Waals surface area (Å²) in [4.78, 5) is 95.3. The number of phenols is 1. The van der Waals surface area contributed by atoms with Crippen molar-refractivity contribution in [3.63, 3.8) is 0 Å². The number of fused-ring (bicyclic) bond motifs is 1. The number of aliphatic hydroxyl groups excluding tert-OH is 1. The van der Waals surface area contributed by atoms with E-state index in [1.807, 2.05) is 13.8 Å². The van der Waals surface area contributed by atoms with Gasteiger partial charge in [0.05, 0.1) is 17.3 Å². The topological polar surface area (TPSA) is 242 Å². The second-order valence-electron chi connectivity index (χ2n) is 16.3. The number of aromatic hydroxyl groups is 1. The third-order valence-electron chi connectivity index (χ3n) is 11.8. The summed E-state index contributed by atoms with van der Waals surface area (Å²) in [7, 11) is -10.2. The summed E-state index contributed by atoms with van der Waals surface area (Å²) in [6.07, 6.45) is 4.85. The van der Waals surface area contributed by atoms with Crippen LogP contribution >= 0.6 is 15.6 Å². The number of aliphatic hydroxyl groups is 1. The van der Waals surface area contributed by atoms with Gasteiger partial charge in [0.15, 0.2) is 23.1 Å². The standard InChI is InChI=1S/C45H58O14P2/c1-10-15-36(47)30-17-25(6)40(58-60(52,53)54)31(20-30)19-29(27(8)46)21-34-38-26(7)39(49)33(22-35(38)42(51)45(13-4,14-5)41(34)50)24-44(9)23-32(37(48)16-11-2)18-28(12-3)43(44)59-61(55,56)57/h17-18,20-23,43,46,49H,10-16,19,24H2,1-9H3,(H2,52,53,54)(H2,55,56,57)/b29-27+,34-21+. The number of rotatable bonds is 18. The highest BCUT2D eigenvalue weighted by atomic mass is 31.2. The summed E-state index contributed by atoms with van der Waals surface area (Å²) < 4.78 is 34.9. The maximum atomic E-state index is 14.7. The van der Waals surface area contributed by atoms with Gasteiger partial charge in [-0.1, -0.05) is 47.6 Å². The van der Waals surface area contributed by atoms with Crippen LogP contribution in [0.2, 0.25) is 0 Å². The number of hydrogen-bond acceptors (Lipinski definition) is 10. The molecule has 0 fully saturated rings. The van der Waals surface area contributed by atoms with Crippen LogP contribution in [-0.4, -0.2) is 59.0 Å². The molecule has 14 nitrogen and oxygen atoms in total. The van der Waals surface area contributed by atoms with E-state index in [1.54, 1.807) is 39.8 Å². The van der Waals surface area contributed by atoms with E-state index in [4.69, 9.17) is 9.05 Å². The van der Waals surface area contributed by atoms with Gasteiger partial charge in [-0.25, -0.2) is 9.13 Å². The lowest BCUT2D eigenvalue weighted by molar-refractivity contribution is -0.121. The van der Waals surface area contributed by atoms with Crippen molar-refractivity contribution in [2.45, 2.75) is 126 Å². The molecule has 2 aliphatic carbocycles. The quantitative estimate of drug-likeness (QED) is 0.0269. The first kappa shape index (κ1) is 49.4. The SMILES string of the molecule is CCCC(=O)C1=CC(C)(Cc2cc3c(c(C)c2O)/C(=C\C(Cc2cc(C(=O)CCC)cc(C)c2OP(=O)(O)O)=C(/C)O)C(=O)C(CC)(CC)C3=O)C(OP(=O)(O)O)C(CC)=C1. The minimum Gasteiger partial charge on any atom is -0.512 e. The molecule has 0 heterocycles. The predicted molar refractivity (Wildman–Crippen MR) is 230 cm³/mol. The fourth-order valence-corrected chi connectivity index (χ4v) is 9.74. The van der Waals surface area contributed by atoms with Crippen LogP contribution in [0.1, 0.15) is 142 Å². The van der Waals surface area contributed by atoms with Gasteiger partial charge in [0.2, 0.25) is 0 Å². The number of carbonyl (C=O) groups excluding carboxylic acids is 4. The second-order valence-corrected chi connectivity index (χ2v) is 18.6. The third-order valence-corrected chi connectivity index (χ3v) is 12.7. The number of Topliss-reactive ketones (excluding diaryl/α,β-unsaturated/α-hetero) is 4. The first-order valence-electron chi connectivity index (χ1n) is 20.5. The number of phenolic OH excluding ortho intramolecular Hbond substituents is 1. The molecule has 2 atom stereocenters. The molecule has 6 N–H and O–H groups in total. The summed E-state index contributed by atoms with van der Waals surface area (Å²) in [6, 6.07) is 4.34. The summed E-state index contributed by atoms with van der Waals surface area (Å²) >= 11 is 0. The second kappa shape index (κ2) is 19.0. The first-order valence-corrected chi connectivity index (χ1v) is 23.6. The first-order chi connectivity index (χ1) is 28.3. The van der Waals surface area contributed by atoms with Crippen LogP contribution in [0.3, 0.4) is 0 Å². The zero-order chi connectivity index (χ0) is 46.0. The Labute approximate surface area is 356 Å². The molecule has 0 aromatic heterocycles. The van der Waals surface area contributed by atoms with E-state index in [0.29, 0.717) is 24.0 Å². The molecular weight excluding hydrogens is 826 g/mol. The minimum atomic E-state index is -5.12. The maximum Gasteiger partial charge on any atom is 0.524 e. The zero-order valence-corrected chi connectivity index (χ0v) is 38.0. The summed E-state index contributed by atoms with van der Waals surface area (Å²) in [6.45, 7) is 14.9. The number of phosphoric acid groups is 2. The predicted octanol–water partition coefficient (Wildman–Crippen LogP) is 9.17. The fraction of sp³-hybridized carbons (Fsp3) is 0.467. The van der Waals surface area contributed by atoms with Gasteiger partial charge in [-0.15, -0.1) is 0 Å². The molecule has 16 heteroatoms. The van der Waals surface area contributed by atoms with Crippen molar-refractivity contribution in [2.75, 3.05) is 0 Å². The van der Waals surface area contributed by atoms with E-state index < -0.39 is 44.1 Å². The molecule has 0 saturated heterocycles. The van der Waals surface area contributed by atoms with Crippen molar-refractivity contribution >= 4 is 44.4 Å².